The van der Waals surface area contributed by atoms with Gasteiger partial charge >= 0.3 is 0 Å². The molecule has 0 saturated carbocycles. The summed E-state index contributed by atoms with van der Waals surface area (Å²) in [5.74, 6) is 1.02. The average molecular weight is 309 g/mol. The summed E-state index contributed by atoms with van der Waals surface area (Å²) < 4.78 is 0. The largest absolute Gasteiger partial charge is 0.354 e. The molecule has 0 aliphatic carbocycles. The molecule has 2 saturated heterocycles. The third-order valence-electron chi connectivity index (χ3n) is 4.73. The van der Waals surface area contributed by atoms with Gasteiger partial charge in [0.2, 0.25) is 5.28 Å². The number of hydrogen-bond acceptors (Lipinski definition) is 5. The molecule has 0 spiro atoms. The minimum Gasteiger partial charge on any atom is -0.354 e. The van der Waals surface area contributed by atoms with Gasteiger partial charge in [0.05, 0.1) is 5.39 Å². The van der Waals surface area contributed by atoms with Gasteiger partial charge in [-0.3, -0.25) is 4.90 Å². The van der Waals surface area contributed by atoms with Crippen LogP contribution in [-0.4, -0.2) is 47.1 Å². The molecule has 4 nitrogen and oxygen atoms in total. The standard InChI is InChI=1S/C14H17ClN4S/c1-18-9-2-3-10(18)8-19(6-4-9)12-11-5-7-20-13(11)17-14(15)16-12/h5,7,9-10H,2-4,6,8H2,1H3. The summed E-state index contributed by atoms with van der Waals surface area (Å²) in [6.07, 6.45) is 3.84. The highest BCUT2D eigenvalue weighted by Crippen LogP contribution is 2.34. The van der Waals surface area contributed by atoms with Gasteiger partial charge < -0.3 is 4.90 Å². The maximum atomic E-state index is 6.10. The molecule has 2 aromatic heterocycles. The van der Waals surface area contributed by atoms with Gasteiger partial charge in [-0.2, -0.15) is 4.98 Å². The lowest BCUT2D eigenvalue weighted by molar-refractivity contribution is 0.254. The smallest absolute Gasteiger partial charge is 0.225 e. The van der Waals surface area contributed by atoms with Crippen molar-refractivity contribution in [3.63, 3.8) is 0 Å². The summed E-state index contributed by atoms with van der Waals surface area (Å²) in [6, 6.07) is 3.49. The normalized spacial score (nSPS) is 27.2. The van der Waals surface area contributed by atoms with Crippen LogP contribution in [0.5, 0.6) is 0 Å². The van der Waals surface area contributed by atoms with E-state index in [4.69, 9.17) is 11.6 Å². The Balaban J connectivity index is 1.74. The van der Waals surface area contributed by atoms with Crippen LogP contribution in [0.2, 0.25) is 5.28 Å². The Bertz CT molecular complexity index is 643. The molecule has 4 rings (SSSR count). The molecule has 0 radical (unpaired) electrons. The molecule has 6 heteroatoms. The molecule has 4 heterocycles. The van der Waals surface area contributed by atoms with Crippen molar-refractivity contribution in [3.05, 3.63) is 16.7 Å². The van der Waals surface area contributed by atoms with Crippen molar-refractivity contribution in [2.45, 2.75) is 31.3 Å². The van der Waals surface area contributed by atoms with Gasteiger partial charge in [-0.05, 0) is 49.4 Å². The van der Waals surface area contributed by atoms with Crippen LogP contribution in [0.1, 0.15) is 19.3 Å². The van der Waals surface area contributed by atoms with Crippen molar-refractivity contribution in [3.8, 4) is 0 Å². The van der Waals surface area contributed by atoms with E-state index in [2.05, 4.69) is 38.3 Å². The first-order valence-electron chi connectivity index (χ1n) is 7.10. The predicted molar refractivity (Wildman–Crippen MR) is 83.8 cm³/mol. The van der Waals surface area contributed by atoms with Crippen molar-refractivity contribution in [2.24, 2.45) is 0 Å². The van der Waals surface area contributed by atoms with E-state index in [1.165, 1.54) is 19.3 Å². The first-order chi connectivity index (χ1) is 9.72. The van der Waals surface area contributed by atoms with Gasteiger partial charge in [-0.1, -0.05) is 0 Å². The van der Waals surface area contributed by atoms with Crippen molar-refractivity contribution >= 4 is 39.0 Å². The Kier molecular flexibility index (Phi) is 3.09. The quantitative estimate of drug-likeness (QED) is 0.758. The Morgan fingerprint density at radius 3 is 3.00 bits per heavy atom. The van der Waals surface area contributed by atoms with Crippen molar-refractivity contribution in [1.29, 1.82) is 0 Å². The number of thiophene rings is 1. The zero-order chi connectivity index (χ0) is 13.7. The van der Waals surface area contributed by atoms with Gasteiger partial charge in [0, 0.05) is 25.2 Å². The van der Waals surface area contributed by atoms with Gasteiger partial charge in [-0.25, -0.2) is 4.98 Å². The van der Waals surface area contributed by atoms with Gasteiger partial charge in [0.25, 0.3) is 0 Å². The first-order valence-corrected chi connectivity index (χ1v) is 8.36. The molecule has 2 aromatic rings. The topological polar surface area (TPSA) is 32.3 Å². The lowest BCUT2D eigenvalue weighted by Gasteiger charge is -2.27. The van der Waals surface area contributed by atoms with E-state index >= 15 is 0 Å². The minimum atomic E-state index is 0.359. The van der Waals surface area contributed by atoms with Crippen LogP contribution in [0.3, 0.4) is 0 Å². The molecular formula is C14H17ClN4S. The molecule has 106 valence electrons. The second-order valence-corrected chi connectivity index (χ2v) is 6.97. The number of halogens is 1. The van der Waals surface area contributed by atoms with Gasteiger partial charge in [-0.15, -0.1) is 11.3 Å². The van der Waals surface area contributed by atoms with E-state index in [0.717, 1.165) is 35.2 Å². The van der Waals surface area contributed by atoms with Crippen LogP contribution in [-0.2, 0) is 0 Å². The second kappa shape index (κ2) is 4.83. The Morgan fingerprint density at radius 1 is 1.25 bits per heavy atom. The van der Waals surface area contributed by atoms with Gasteiger partial charge in [0.1, 0.15) is 10.6 Å². The molecule has 20 heavy (non-hydrogen) atoms. The highest BCUT2D eigenvalue weighted by atomic mass is 35.5. The van der Waals surface area contributed by atoms with E-state index in [-0.39, 0.29) is 0 Å². The number of nitrogens with zero attached hydrogens (tertiary/aromatic N) is 4. The zero-order valence-electron chi connectivity index (χ0n) is 11.4. The van der Waals surface area contributed by atoms with Crippen LogP contribution in [0.25, 0.3) is 10.2 Å². The number of anilines is 1. The zero-order valence-corrected chi connectivity index (χ0v) is 13.0. The predicted octanol–water partition coefficient (Wildman–Crippen LogP) is 3.02. The third-order valence-corrected chi connectivity index (χ3v) is 5.70. The van der Waals surface area contributed by atoms with E-state index < -0.39 is 0 Å². The lowest BCUT2D eigenvalue weighted by atomic mass is 10.1. The van der Waals surface area contributed by atoms with E-state index in [1.54, 1.807) is 11.3 Å². The lowest BCUT2D eigenvalue weighted by Crippen LogP contribution is -2.37. The monoisotopic (exact) mass is 308 g/mol. The second-order valence-electron chi connectivity index (χ2n) is 5.74. The molecule has 2 fully saturated rings. The number of rotatable bonds is 1. The van der Waals surface area contributed by atoms with Crippen LogP contribution >= 0.6 is 22.9 Å². The van der Waals surface area contributed by atoms with E-state index in [0.29, 0.717) is 11.3 Å². The first kappa shape index (κ1) is 12.8. The van der Waals surface area contributed by atoms with Crippen molar-refractivity contribution in [2.75, 3.05) is 25.0 Å². The summed E-state index contributed by atoms with van der Waals surface area (Å²) in [4.78, 5) is 14.8. The summed E-state index contributed by atoms with van der Waals surface area (Å²) in [6.45, 7) is 2.11. The molecular weight excluding hydrogens is 292 g/mol. The Labute approximate surface area is 127 Å². The fourth-order valence-corrected chi connectivity index (χ4v) is 4.53. The maximum Gasteiger partial charge on any atom is 0.225 e. The van der Waals surface area contributed by atoms with Crippen LogP contribution in [0.4, 0.5) is 5.82 Å². The summed E-state index contributed by atoms with van der Waals surface area (Å²) in [7, 11) is 2.26. The fourth-order valence-electron chi connectivity index (χ4n) is 3.56. The molecule has 2 aliphatic rings. The van der Waals surface area contributed by atoms with Crippen LogP contribution < -0.4 is 4.90 Å². The number of likely N-dealkylation sites (N-methyl/N-ethyl adjacent to an activating group) is 1. The number of aromatic nitrogens is 2. The average Bonchev–Trinajstić information content (AvgIpc) is 2.94. The SMILES string of the molecule is CN1C2CCC1CN(c1nc(Cl)nc3sccc13)CC2. The highest BCUT2D eigenvalue weighted by molar-refractivity contribution is 7.16. The Morgan fingerprint density at radius 2 is 2.10 bits per heavy atom. The van der Waals surface area contributed by atoms with E-state index in [1.807, 2.05) is 0 Å². The van der Waals surface area contributed by atoms with Crippen LogP contribution in [0.15, 0.2) is 11.4 Å². The third kappa shape index (κ3) is 2.00. The summed E-state index contributed by atoms with van der Waals surface area (Å²) in [5.41, 5.74) is 0. The molecule has 0 N–H and O–H groups in total. The fraction of sp³-hybridized carbons (Fsp3) is 0.571. The highest BCUT2D eigenvalue weighted by Gasteiger charge is 2.35. The number of fused-ring (bicyclic) bond motifs is 3. The molecule has 0 amide bonds. The summed E-state index contributed by atoms with van der Waals surface area (Å²) in [5, 5.41) is 3.56. The minimum absolute atomic E-state index is 0.359. The molecule has 2 aliphatic heterocycles. The molecule has 2 unspecified atom stereocenters. The maximum absolute atomic E-state index is 6.10. The van der Waals surface area contributed by atoms with Crippen LogP contribution in [0, 0.1) is 0 Å². The summed E-state index contributed by atoms with van der Waals surface area (Å²) >= 11 is 7.72. The van der Waals surface area contributed by atoms with Crippen molar-refractivity contribution in [1.82, 2.24) is 14.9 Å². The molecule has 0 aromatic carbocycles. The Hall–Kier alpha value is -0.910. The molecule has 2 atom stereocenters. The van der Waals surface area contributed by atoms with Crippen molar-refractivity contribution < 1.29 is 0 Å². The number of hydrogen-bond donors (Lipinski definition) is 0. The van der Waals surface area contributed by atoms with Gasteiger partial charge in [0.15, 0.2) is 0 Å². The van der Waals surface area contributed by atoms with E-state index in [9.17, 15) is 0 Å². The molecule has 2 bridgehead atoms.